The molecule has 2 aliphatic carbocycles. The fourth-order valence-corrected chi connectivity index (χ4v) is 12.5. The van der Waals surface area contributed by atoms with E-state index in [1.165, 1.54) is 50.1 Å². The first kappa shape index (κ1) is 41.6. The van der Waals surface area contributed by atoms with E-state index in [4.69, 9.17) is 23.8 Å². The molecule has 11 aromatic carbocycles. The van der Waals surface area contributed by atoms with Crippen LogP contribution in [0.25, 0.3) is 134 Å². The highest BCUT2D eigenvalue weighted by Gasteiger charge is 2.51. The fraction of sp³-hybridized carbons (Fsp3) is 0.0143. The number of benzene rings is 11. The van der Waals surface area contributed by atoms with E-state index in [1.54, 1.807) is 0 Å². The Balaban J connectivity index is 0.834. The molecule has 0 saturated carbocycles. The summed E-state index contributed by atoms with van der Waals surface area (Å²) in [4.78, 5) is 15.8. The number of furan rings is 2. The lowest BCUT2D eigenvalue weighted by Gasteiger charge is -2.30. The number of hydrogen-bond acceptors (Lipinski definition) is 5. The molecule has 0 fully saturated rings. The van der Waals surface area contributed by atoms with Crippen molar-refractivity contribution in [3.05, 3.63) is 271 Å². The van der Waals surface area contributed by atoms with Gasteiger partial charge in [0, 0.05) is 32.7 Å². The van der Waals surface area contributed by atoms with Crippen LogP contribution in [0.2, 0.25) is 0 Å². The molecule has 0 aliphatic heterocycles. The van der Waals surface area contributed by atoms with Crippen molar-refractivity contribution >= 4 is 43.9 Å². The fourth-order valence-electron chi connectivity index (χ4n) is 12.5. The van der Waals surface area contributed by atoms with E-state index in [-0.39, 0.29) is 0 Å². The zero-order chi connectivity index (χ0) is 49.2. The Morgan fingerprint density at radius 2 is 0.720 bits per heavy atom. The third-order valence-corrected chi connectivity index (χ3v) is 15.8. The van der Waals surface area contributed by atoms with Crippen LogP contribution in [-0.4, -0.2) is 15.0 Å². The molecular weight excluding hydrogens is 915 g/mol. The highest BCUT2D eigenvalue weighted by atomic mass is 16.3. The summed E-state index contributed by atoms with van der Waals surface area (Å²) in [6.45, 7) is 0. The molecule has 0 radical (unpaired) electrons. The van der Waals surface area contributed by atoms with Crippen LogP contribution in [0, 0.1) is 0 Å². The molecule has 1 spiro atoms. The number of para-hydroxylation sites is 2. The summed E-state index contributed by atoms with van der Waals surface area (Å²) in [5.41, 5.74) is 22.5. The van der Waals surface area contributed by atoms with E-state index in [1.807, 2.05) is 48.5 Å². The zero-order valence-electron chi connectivity index (χ0n) is 40.3. The normalized spacial score (nSPS) is 12.9. The number of aromatic nitrogens is 3. The van der Waals surface area contributed by atoms with Gasteiger partial charge in [-0.1, -0.05) is 206 Å². The second kappa shape index (κ2) is 16.0. The van der Waals surface area contributed by atoms with E-state index in [9.17, 15) is 0 Å². The van der Waals surface area contributed by atoms with Gasteiger partial charge in [0.25, 0.3) is 0 Å². The van der Waals surface area contributed by atoms with Crippen LogP contribution in [0.5, 0.6) is 0 Å². The highest BCUT2D eigenvalue weighted by Crippen LogP contribution is 2.63. The molecule has 0 atom stereocenters. The lowest BCUT2D eigenvalue weighted by molar-refractivity contribution is 0.668. The molecule has 14 aromatic rings. The molecule has 3 aromatic heterocycles. The molecule has 5 nitrogen and oxygen atoms in total. The Labute approximate surface area is 431 Å². The van der Waals surface area contributed by atoms with Gasteiger partial charge in [-0.25, -0.2) is 15.0 Å². The third kappa shape index (κ3) is 6.16. The standard InChI is InChI=1S/C70H41N3O2/c1-2-15-42(16-3-1)43-31-33-44(34-32-43)67-71-68(73-69(72-67)56-25-13-23-54-53-22-7-11-29-62(53)75-66(54)56)55-24-14-30-64-65(55)57-40-47(36-38-63(57)74-64)45-17-12-18-46(39-45)48-35-37-52-51-21-6-10-28-60(51)70(61(52)41-48)58-26-8-4-19-49(58)50-20-5-9-27-59(50)70/h1-41H. The molecule has 348 valence electrons. The maximum Gasteiger partial charge on any atom is 0.167 e. The zero-order valence-corrected chi connectivity index (χ0v) is 40.3. The third-order valence-electron chi connectivity index (χ3n) is 15.8. The van der Waals surface area contributed by atoms with Crippen molar-refractivity contribution in [1.82, 2.24) is 15.0 Å². The minimum Gasteiger partial charge on any atom is -0.456 e. The summed E-state index contributed by atoms with van der Waals surface area (Å²) in [7, 11) is 0. The molecule has 3 heterocycles. The SMILES string of the molecule is c1ccc(-c2ccc(-c3nc(-c4cccc5c4oc4ccccc45)nc(-c4cccc5oc6ccc(-c7cccc(-c8ccc9c(c8)C8(c%10ccccc%10-c%10ccccc%108)c8ccccc8-9)c7)cc6c45)n3)cc2)cc1. The topological polar surface area (TPSA) is 65.0 Å². The summed E-state index contributed by atoms with van der Waals surface area (Å²) in [6.07, 6.45) is 0. The lowest BCUT2D eigenvalue weighted by atomic mass is 9.70. The lowest BCUT2D eigenvalue weighted by Crippen LogP contribution is -2.25. The second-order valence-corrected chi connectivity index (χ2v) is 19.7. The average Bonchev–Trinajstić information content (AvgIpc) is 4.28. The smallest absolute Gasteiger partial charge is 0.167 e. The molecule has 75 heavy (non-hydrogen) atoms. The van der Waals surface area contributed by atoms with Crippen molar-refractivity contribution in [2.24, 2.45) is 0 Å². The van der Waals surface area contributed by atoms with Crippen molar-refractivity contribution in [2.45, 2.75) is 5.41 Å². The minimum atomic E-state index is -0.411. The van der Waals surface area contributed by atoms with Gasteiger partial charge in [-0.3, -0.25) is 0 Å². The first-order chi connectivity index (χ1) is 37.2. The Morgan fingerprint density at radius 3 is 1.47 bits per heavy atom. The van der Waals surface area contributed by atoms with E-state index < -0.39 is 5.41 Å². The maximum absolute atomic E-state index is 6.65. The maximum atomic E-state index is 6.65. The van der Waals surface area contributed by atoms with Crippen molar-refractivity contribution in [2.75, 3.05) is 0 Å². The summed E-state index contributed by atoms with van der Waals surface area (Å²) in [5.74, 6) is 1.63. The Kier molecular flexibility index (Phi) is 8.89. The molecule has 16 rings (SSSR count). The van der Waals surface area contributed by atoms with Crippen molar-refractivity contribution in [3.63, 3.8) is 0 Å². The van der Waals surface area contributed by atoms with E-state index in [0.29, 0.717) is 17.5 Å². The molecule has 2 aliphatic rings. The average molecular weight is 956 g/mol. The first-order valence-electron chi connectivity index (χ1n) is 25.5. The van der Waals surface area contributed by atoms with Gasteiger partial charge in [-0.05, 0) is 120 Å². The van der Waals surface area contributed by atoms with Crippen molar-refractivity contribution in [3.8, 4) is 89.8 Å². The van der Waals surface area contributed by atoms with Gasteiger partial charge in [0.1, 0.15) is 22.3 Å². The molecule has 5 heteroatoms. The van der Waals surface area contributed by atoms with Gasteiger partial charge in [-0.2, -0.15) is 0 Å². The van der Waals surface area contributed by atoms with Crippen LogP contribution in [0.3, 0.4) is 0 Å². The largest absolute Gasteiger partial charge is 0.456 e. The molecular formula is C70H41N3O2. The van der Waals surface area contributed by atoms with Gasteiger partial charge >= 0.3 is 0 Å². The Bertz CT molecular complexity index is 4600. The Hall–Kier alpha value is -9.97. The molecule has 0 amide bonds. The Morgan fingerprint density at radius 1 is 0.253 bits per heavy atom. The van der Waals surface area contributed by atoms with E-state index in [2.05, 4.69) is 200 Å². The molecule has 0 unspecified atom stereocenters. The van der Waals surface area contributed by atoms with Gasteiger partial charge in [0.05, 0.1) is 11.0 Å². The minimum absolute atomic E-state index is 0.411. The van der Waals surface area contributed by atoms with Gasteiger partial charge < -0.3 is 8.83 Å². The van der Waals surface area contributed by atoms with Crippen molar-refractivity contribution in [1.29, 1.82) is 0 Å². The quantitative estimate of drug-likeness (QED) is 0.166. The van der Waals surface area contributed by atoms with Crippen LogP contribution in [0.15, 0.2) is 258 Å². The summed E-state index contributed by atoms with van der Waals surface area (Å²) in [5, 5.41) is 3.98. The van der Waals surface area contributed by atoms with Crippen LogP contribution >= 0.6 is 0 Å². The first-order valence-corrected chi connectivity index (χ1v) is 25.5. The summed E-state index contributed by atoms with van der Waals surface area (Å²) >= 11 is 0. The number of nitrogens with zero attached hydrogens (tertiary/aromatic N) is 3. The van der Waals surface area contributed by atoms with Gasteiger partial charge in [-0.15, -0.1) is 0 Å². The van der Waals surface area contributed by atoms with Crippen molar-refractivity contribution < 1.29 is 8.83 Å². The summed E-state index contributed by atoms with van der Waals surface area (Å²) in [6, 6.07) is 88.8. The van der Waals surface area contributed by atoms with E-state index >= 15 is 0 Å². The highest BCUT2D eigenvalue weighted by molar-refractivity contribution is 6.13. The van der Waals surface area contributed by atoms with Gasteiger partial charge in [0.15, 0.2) is 17.5 Å². The predicted octanol–water partition coefficient (Wildman–Crippen LogP) is 18.0. The molecule has 0 saturated heterocycles. The predicted molar refractivity (Wildman–Crippen MR) is 303 cm³/mol. The second-order valence-electron chi connectivity index (χ2n) is 19.7. The monoisotopic (exact) mass is 955 g/mol. The van der Waals surface area contributed by atoms with Crippen LogP contribution < -0.4 is 0 Å². The molecule has 0 N–H and O–H groups in total. The summed E-state index contributed by atoms with van der Waals surface area (Å²) < 4.78 is 13.2. The van der Waals surface area contributed by atoms with E-state index in [0.717, 1.165) is 88.4 Å². The van der Waals surface area contributed by atoms with Crippen LogP contribution in [0.1, 0.15) is 22.3 Å². The molecule has 0 bridgehead atoms. The number of fused-ring (bicyclic) bond motifs is 16. The van der Waals surface area contributed by atoms with Crippen LogP contribution in [-0.2, 0) is 5.41 Å². The van der Waals surface area contributed by atoms with Gasteiger partial charge in [0.2, 0.25) is 0 Å². The van der Waals surface area contributed by atoms with Crippen LogP contribution in [0.4, 0.5) is 0 Å². The number of rotatable bonds is 6. The number of hydrogen-bond donors (Lipinski definition) is 0.